The number of hydrogen-bond acceptors (Lipinski definition) is 2. The Bertz CT molecular complexity index is 524. The lowest BCUT2D eigenvalue weighted by Crippen LogP contribution is -2.53. The summed E-state index contributed by atoms with van der Waals surface area (Å²) in [5.41, 5.74) is -0.0483. The maximum atomic E-state index is 13.5. The number of carboxylic acids is 1. The lowest BCUT2D eigenvalue weighted by atomic mass is 9.98. The Kier molecular flexibility index (Phi) is 3.02. The van der Waals surface area contributed by atoms with E-state index >= 15 is 0 Å². The van der Waals surface area contributed by atoms with Crippen molar-refractivity contribution in [2.45, 2.75) is 6.92 Å². The largest absolute Gasteiger partial charge is 0.481 e. The number of benzene rings is 1. The van der Waals surface area contributed by atoms with Crippen molar-refractivity contribution in [1.82, 2.24) is 4.90 Å². The van der Waals surface area contributed by atoms with E-state index < -0.39 is 29.4 Å². The van der Waals surface area contributed by atoms with Crippen molar-refractivity contribution >= 4 is 11.9 Å². The molecule has 0 radical (unpaired) electrons. The molecule has 2 rings (SSSR count). The van der Waals surface area contributed by atoms with Crippen LogP contribution in [0.25, 0.3) is 0 Å². The van der Waals surface area contributed by atoms with Crippen LogP contribution in [0.15, 0.2) is 12.1 Å². The van der Waals surface area contributed by atoms with Crippen molar-refractivity contribution < 1.29 is 23.5 Å². The van der Waals surface area contributed by atoms with E-state index in [1.807, 2.05) is 0 Å². The molecule has 0 unspecified atom stereocenters. The fraction of sp³-hybridized carbons (Fsp3) is 0.333. The first kappa shape index (κ1) is 12.5. The van der Waals surface area contributed by atoms with Gasteiger partial charge in [0.1, 0.15) is 11.6 Å². The third-order valence-corrected chi connectivity index (χ3v) is 3.00. The van der Waals surface area contributed by atoms with Crippen molar-refractivity contribution in [2.75, 3.05) is 13.1 Å². The van der Waals surface area contributed by atoms with Gasteiger partial charge in [0.25, 0.3) is 5.91 Å². The molecule has 6 heteroatoms. The highest BCUT2D eigenvalue weighted by atomic mass is 19.1. The molecule has 1 aliphatic rings. The van der Waals surface area contributed by atoms with Gasteiger partial charge in [0.05, 0.1) is 11.5 Å². The van der Waals surface area contributed by atoms with Crippen LogP contribution < -0.4 is 0 Å². The summed E-state index contributed by atoms with van der Waals surface area (Å²) < 4.78 is 26.5. The highest BCUT2D eigenvalue weighted by Crippen LogP contribution is 2.22. The molecule has 1 heterocycles. The Morgan fingerprint density at radius 1 is 1.28 bits per heavy atom. The smallest absolute Gasteiger partial charge is 0.310 e. The molecule has 1 amide bonds. The number of hydrogen-bond donors (Lipinski definition) is 1. The zero-order chi connectivity index (χ0) is 13.4. The van der Waals surface area contributed by atoms with E-state index in [0.29, 0.717) is 6.07 Å². The number of carbonyl (C=O) groups excluding carboxylic acids is 1. The number of carbonyl (C=O) groups is 2. The van der Waals surface area contributed by atoms with Gasteiger partial charge in [-0.25, -0.2) is 8.78 Å². The van der Waals surface area contributed by atoms with E-state index in [9.17, 15) is 18.4 Å². The van der Waals surface area contributed by atoms with Crippen molar-refractivity contribution in [1.29, 1.82) is 0 Å². The molecule has 18 heavy (non-hydrogen) atoms. The molecule has 0 saturated carbocycles. The molecule has 0 atom stereocenters. The summed E-state index contributed by atoms with van der Waals surface area (Å²) in [6, 6.07) is 1.80. The van der Waals surface area contributed by atoms with Gasteiger partial charge in [0.15, 0.2) is 0 Å². The normalized spacial score (nSPS) is 15.4. The lowest BCUT2D eigenvalue weighted by molar-refractivity contribution is -0.146. The average molecular weight is 255 g/mol. The van der Waals surface area contributed by atoms with Crippen LogP contribution in [-0.4, -0.2) is 35.0 Å². The minimum Gasteiger partial charge on any atom is -0.481 e. The average Bonchev–Trinajstić information content (AvgIpc) is 2.20. The van der Waals surface area contributed by atoms with Crippen molar-refractivity contribution in [3.8, 4) is 0 Å². The predicted octanol–water partition coefficient (Wildman–Crippen LogP) is 1.43. The Morgan fingerprint density at radius 3 is 2.44 bits per heavy atom. The first-order valence-corrected chi connectivity index (χ1v) is 5.38. The minimum atomic E-state index is -0.977. The van der Waals surface area contributed by atoms with Crippen LogP contribution in [0.2, 0.25) is 0 Å². The zero-order valence-electron chi connectivity index (χ0n) is 9.61. The van der Waals surface area contributed by atoms with Crippen LogP contribution >= 0.6 is 0 Å². The second-order valence-corrected chi connectivity index (χ2v) is 4.33. The maximum absolute atomic E-state index is 13.5. The first-order valence-electron chi connectivity index (χ1n) is 5.38. The fourth-order valence-corrected chi connectivity index (χ4v) is 1.79. The molecule has 1 aliphatic heterocycles. The van der Waals surface area contributed by atoms with Gasteiger partial charge in [-0.2, -0.15) is 0 Å². The van der Waals surface area contributed by atoms with E-state index in [0.717, 1.165) is 6.07 Å². The fourth-order valence-electron chi connectivity index (χ4n) is 1.79. The molecule has 1 aromatic carbocycles. The van der Waals surface area contributed by atoms with Crippen LogP contribution in [0.5, 0.6) is 0 Å². The van der Waals surface area contributed by atoms with Gasteiger partial charge in [0.2, 0.25) is 0 Å². The van der Waals surface area contributed by atoms with Gasteiger partial charge in [-0.3, -0.25) is 9.59 Å². The highest BCUT2D eigenvalue weighted by molar-refractivity contribution is 5.96. The number of nitrogens with zero attached hydrogens (tertiary/aromatic N) is 1. The Balaban J connectivity index is 2.16. The van der Waals surface area contributed by atoms with E-state index in [4.69, 9.17) is 5.11 Å². The van der Waals surface area contributed by atoms with Gasteiger partial charge in [0, 0.05) is 19.2 Å². The molecule has 0 aromatic heterocycles. The van der Waals surface area contributed by atoms with E-state index in [1.165, 1.54) is 11.8 Å². The summed E-state index contributed by atoms with van der Waals surface area (Å²) in [5.74, 6) is -3.82. The molecule has 0 spiro atoms. The summed E-state index contributed by atoms with van der Waals surface area (Å²) in [6.07, 6.45) is 0. The minimum absolute atomic E-state index is 0.0596. The van der Waals surface area contributed by atoms with Gasteiger partial charge in [-0.1, -0.05) is 0 Å². The third-order valence-electron chi connectivity index (χ3n) is 3.00. The van der Waals surface area contributed by atoms with Crippen LogP contribution in [0, 0.1) is 24.5 Å². The molecule has 1 saturated heterocycles. The second kappa shape index (κ2) is 4.36. The lowest BCUT2D eigenvalue weighted by Gasteiger charge is -2.36. The summed E-state index contributed by atoms with van der Waals surface area (Å²) in [6.45, 7) is 1.55. The zero-order valence-corrected chi connectivity index (χ0v) is 9.61. The standard InChI is InChI=1S/C12H11F2NO3/c1-6-2-8(10(14)3-9(6)13)11(16)15-4-7(5-15)12(17)18/h2-3,7H,4-5H2,1H3,(H,17,18). The molecule has 1 fully saturated rings. The predicted molar refractivity (Wildman–Crippen MR) is 58.1 cm³/mol. The number of aliphatic carboxylic acids is 1. The summed E-state index contributed by atoms with van der Waals surface area (Å²) in [5, 5.41) is 8.68. The van der Waals surface area contributed by atoms with E-state index in [1.54, 1.807) is 0 Å². The number of amides is 1. The Labute approximate surface area is 102 Å². The van der Waals surface area contributed by atoms with Gasteiger partial charge >= 0.3 is 5.97 Å². The molecule has 1 aromatic rings. The molecule has 1 N–H and O–H groups in total. The van der Waals surface area contributed by atoms with Gasteiger partial charge in [-0.05, 0) is 18.6 Å². The van der Waals surface area contributed by atoms with Crippen LogP contribution in [0.4, 0.5) is 8.78 Å². The molecule has 0 aliphatic carbocycles. The molecule has 96 valence electrons. The monoisotopic (exact) mass is 255 g/mol. The first-order chi connectivity index (χ1) is 8.40. The van der Waals surface area contributed by atoms with Crippen molar-refractivity contribution in [3.05, 3.63) is 34.9 Å². The van der Waals surface area contributed by atoms with Gasteiger partial charge < -0.3 is 10.0 Å². The molecule has 0 bridgehead atoms. The van der Waals surface area contributed by atoms with E-state index in [2.05, 4.69) is 0 Å². The van der Waals surface area contributed by atoms with Crippen LogP contribution in [-0.2, 0) is 4.79 Å². The van der Waals surface area contributed by atoms with Crippen LogP contribution in [0.1, 0.15) is 15.9 Å². The number of carboxylic acid groups (broad SMARTS) is 1. The maximum Gasteiger partial charge on any atom is 0.310 e. The Hall–Kier alpha value is -1.98. The highest BCUT2D eigenvalue weighted by Gasteiger charge is 2.36. The SMILES string of the molecule is Cc1cc(C(=O)N2CC(C(=O)O)C2)c(F)cc1F. The molecular formula is C12H11F2NO3. The topological polar surface area (TPSA) is 57.6 Å². The van der Waals surface area contributed by atoms with Crippen molar-refractivity contribution in [3.63, 3.8) is 0 Å². The second-order valence-electron chi connectivity index (χ2n) is 4.33. The number of likely N-dealkylation sites (tertiary alicyclic amines) is 1. The van der Waals surface area contributed by atoms with Crippen LogP contribution in [0.3, 0.4) is 0 Å². The summed E-state index contributed by atoms with van der Waals surface area (Å²) in [4.78, 5) is 23.7. The molecular weight excluding hydrogens is 244 g/mol. The Morgan fingerprint density at radius 2 is 1.89 bits per heavy atom. The number of halogens is 2. The quantitative estimate of drug-likeness (QED) is 0.869. The van der Waals surface area contributed by atoms with Gasteiger partial charge in [-0.15, -0.1) is 0 Å². The molecule has 4 nitrogen and oxygen atoms in total. The number of aryl methyl sites for hydroxylation is 1. The third kappa shape index (κ3) is 2.05. The van der Waals surface area contributed by atoms with Crippen molar-refractivity contribution in [2.24, 2.45) is 5.92 Å². The summed E-state index contributed by atoms with van der Waals surface area (Å²) in [7, 11) is 0. The number of rotatable bonds is 2. The van der Waals surface area contributed by atoms with E-state index in [-0.39, 0.29) is 24.2 Å². The summed E-state index contributed by atoms with van der Waals surface area (Å²) >= 11 is 0.